The van der Waals surface area contributed by atoms with Crippen LogP contribution in [-0.4, -0.2) is 28.8 Å². The predicted molar refractivity (Wildman–Crippen MR) is 64.3 cm³/mol. The monoisotopic (exact) mass is 224 g/mol. The smallest absolute Gasteiger partial charge is 0.264 e. The van der Waals surface area contributed by atoms with Gasteiger partial charge in [-0.3, -0.25) is 4.79 Å². The summed E-state index contributed by atoms with van der Waals surface area (Å²) in [5.41, 5.74) is 6.33. The molecule has 0 saturated carbocycles. The van der Waals surface area contributed by atoms with Crippen LogP contribution in [0.5, 0.6) is 0 Å². The normalized spacial score (nSPS) is 13.1. The molecule has 5 nitrogen and oxygen atoms in total. The third-order valence-corrected chi connectivity index (χ3v) is 2.47. The average Bonchev–Trinajstić information content (AvgIpc) is 2.53. The van der Waals surface area contributed by atoms with Gasteiger partial charge in [0, 0.05) is 11.8 Å². The minimum Gasteiger partial charge on any atom is -0.382 e. The summed E-state index contributed by atoms with van der Waals surface area (Å²) in [6, 6.07) is 1.48. The lowest BCUT2D eigenvalue weighted by Gasteiger charge is -2.17. The van der Waals surface area contributed by atoms with Crippen molar-refractivity contribution < 1.29 is 4.79 Å². The highest BCUT2D eigenvalue weighted by atomic mass is 16.2. The van der Waals surface area contributed by atoms with E-state index in [2.05, 4.69) is 24.3 Å². The van der Waals surface area contributed by atoms with E-state index >= 15 is 0 Å². The van der Waals surface area contributed by atoms with Crippen molar-refractivity contribution in [2.75, 3.05) is 12.8 Å². The zero-order valence-corrected chi connectivity index (χ0v) is 10.3. The number of carbonyl (C=O) groups excluding carboxylic acids is 1. The SMILES string of the molecule is CNC(CC(C)C)C(=O)n1nc(N)cc1C. The fourth-order valence-electron chi connectivity index (χ4n) is 1.68. The van der Waals surface area contributed by atoms with Gasteiger partial charge >= 0.3 is 0 Å². The van der Waals surface area contributed by atoms with E-state index in [0.29, 0.717) is 11.7 Å². The molecule has 1 aromatic heterocycles. The second kappa shape index (κ2) is 5.12. The maximum atomic E-state index is 12.1. The van der Waals surface area contributed by atoms with Crippen molar-refractivity contribution in [1.82, 2.24) is 15.1 Å². The summed E-state index contributed by atoms with van der Waals surface area (Å²) in [6.45, 7) is 5.99. The molecule has 1 rings (SSSR count). The lowest BCUT2D eigenvalue weighted by molar-refractivity contribution is 0.0832. The van der Waals surface area contributed by atoms with Crippen LogP contribution in [0.4, 0.5) is 5.82 Å². The van der Waals surface area contributed by atoms with Gasteiger partial charge in [-0.2, -0.15) is 0 Å². The fraction of sp³-hybridized carbons (Fsp3) is 0.636. The highest BCUT2D eigenvalue weighted by molar-refractivity contribution is 5.84. The van der Waals surface area contributed by atoms with E-state index in [-0.39, 0.29) is 11.9 Å². The summed E-state index contributed by atoms with van der Waals surface area (Å²) in [5, 5.41) is 7.01. The van der Waals surface area contributed by atoms with Crippen LogP contribution in [0.15, 0.2) is 6.07 Å². The quantitative estimate of drug-likeness (QED) is 0.801. The fourth-order valence-corrected chi connectivity index (χ4v) is 1.68. The van der Waals surface area contributed by atoms with Gasteiger partial charge in [-0.15, -0.1) is 5.10 Å². The van der Waals surface area contributed by atoms with Crippen molar-refractivity contribution in [1.29, 1.82) is 0 Å². The second-order valence-corrected chi connectivity index (χ2v) is 4.43. The second-order valence-electron chi connectivity index (χ2n) is 4.43. The van der Waals surface area contributed by atoms with Gasteiger partial charge in [0.05, 0.1) is 6.04 Å². The van der Waals surface area contributed by atoms with Gasteiger partial charge in [-0.05, 0) is 26.3 Å². The molecule has 0 bridgehead atoms. The molecule has 90 valence electrons. The molecular formula is C11H20N4O. The van der Waals surface area contributed by atoms with Crippen LogP contribution in [0.1, 0.15) is 30.8 Å². The Kier molecular flexibility index (Phi) is 4.06. The van der Waals surface area contributed by atoms with Crippen molar-refractivity contribution in [3.05, 3.63) is 11.8 Å². The summed E-state index contributed by atoms with van der Waals surface area (Å²) in [5.74, 6) is 0.783. The maximum Gasteiger partial charge on any atom is 0.264 e. The van der Waals surface area contributed by atoms with Crippen molar-refractivity contribution >= 4 is 11.7 Å². The van der Waals surface area contributed by atoms with Crippen LogP contribution in [0.25, 0.3) is 0 Å². The lowest BCUT2D eigenvalue weighted by atomic mass is 10.0. The first-order chi connectivity index (χ1) is 7.45. The molecule has 0 saturated heterocycles. The van der Waals surface area contributed by atoms with Crippen molar-refractivity contribution in [3.63, 3.8) is 0 Å². The summed E-state index contributed by atoms with van der Waals surface area (Å²) in [7, 11) is 1.78. The van der Waals surface area contributed by atoms with Gasteiger partial charge in [-0.25, -0.2) is 4.68 Å². The van der Waals surface area contributed by atoms with Crippen LogP contribution in [0.3, 0.4) is 0 Å². The number of aromatic nitrogens is 2. The molecule has 1 aromatic rings. The van der Waals surface area contributed by atoms with Gasteiger partial charge in [0.15, 0.2) is 0 Å². The molecule has 0 fully saturated rings. The third kappa shape index (κ3) is 2.82. The van der Waals surface area contributed by atoms with Crippen molar-refractivity contribution in [3.8, 4) is 0 Å². The van der Waals surface area contributed by atoms with Gasteiger partial charge in [0.2, 0.25) is 0 Å². The number of nitrogens with one attached hydrogen (secondary N) is 1. The molecule has 0 spiro atoms. The first-order valence-electron chi connectivity index (χ1n) is 5.49. The number of anilines is 1. The predicted octanol–water partition coefficient (Wildman–Crippen LogP) is 1.05. The molecule has 1 heterocycles. The average molecular weight is 224 g/mol. The van der Waals surface area contributed by atoms with Gasteiger partial charge in [0.1, 0.15) is 5.82 Å². The molecule has 0 aliphatic heterocycles. The summed E-state index contributed by atoms with van der Waals surface area (Å²) in [4.78, 5) is 12.1. The van der Waals surface area contributed by atoms with E-state index in [4.69, 9.17) is 5.73 Å². The summed E-state index contributed by atoms with van der Waals surface area (Å²) >= 11 is 0. The largest absolute Gasteiger partial charge is 0.382 e. The number of hydrogen-bond acceptors (Lipinski definition) is 4. The Morgan fingerprint density at radius 1 is 1.62 bits per heavy atom. The minimum atomic E-state index is -0.210. The number of likely N-dealkylation sites (N-methyl/N-ethyl adjacent to an activating group) is 1. The molecule has 3 N–H and O–H groups in total. The van der Waals surface area contributed by atoms with Crippen molar-refractivity contribution in [2.45, 2.75) is 33.2 Å². The molecule has 0 aliphatic carbocycles. The Bertz CT molecular complexity index is 370. The molecule has 5 heteroatoms. The summed E-state index contributed by atoms with van der Waals surface area (Å²) in [6.07, 6.45) is 0.786. The number of nitrogens with zero attached hydrogens (tertiary/aromatic N) is 2. The van der Waals surface area contributed by atoms with Gasteiger partial charge in [0.25, 0.3) is 5.91 Å². The minimum absolute atomic E-state index is 0.0506. The van der Waals surface area contributed by atoms with Crippen LogP contribution >= 0.6 is 0 Å². The Labute approximate surface area is 96.0 Å². The Balaban J connectivity index is 2.86. The Hall–Kier alpha value is -1.36. The zero-order valence-electron chi connectivity index (χ0n) is 10.3. The molecule has 0 aliphatic rings. The Morgan fingerprint density at radius 3 is 2.62 bits per heavy atom. The lowest BCUT2D eigenvalue weighted by Crippen LogP contribution is -2.39. The number of hydrogen-bond donors (Lipinski definition) is 2. The number of nitrogen functional groups attached to an aromatic ring is 1. The van der Waals surface area contributed by atoms with E-state index in [0.717, 1.165) is 12.1 Å². The molecule has 0 aromatic carbocycles. The highest BCUT2D eigenvalue weighted by Gasteiger charge is 2.21. The van der Waals surface area contributed by atoms with E-state index in [1.807, 2.05) is 6.92 Å². The van der Waals surface area contributed by atoms with Gasteiger partial charge in [-0.1, -0.05) is 13.8 Å². The van der Waals surface area contributed by atoms with Gasteiger partial charge < -0.3 is 11.1 Å². The van der Waals surface area contributed by atoms with E-state index < -0.39 is 0 Å². The van der Waals surface area contributed by atoms with Crippen LogP contribution in [0.2, 0.25) is 0 Å². The highest BCUT2D eigenvalue weighted by Crippen LogP contribution is 2.10. The van der Waals surface area contributed by atoms with Crippen LogP contribution in [-0.2, 0) is 0 Å². The number of nitrogens with two attached hydrogens (primary N) is 1. The third-order valence-electron chi connectivity index (χ3n) is 2.47. The molecule has 0 radical (unpaired) electrons. The number of rotatable bonds is 4. The molecule has 16 heavy (non-hydrogen) atoms. The molecular weight excluding hydrogens is 204 g/mol. The molecule has 1 atom stereocenters. The zero-order chi connectivity index (χ0) is 12.3. The first kappa shape index (κ1) is 12.7. The Morgan fingerprint density at radius 2 is 2.25 bits per heavy atom. The van der Waals surface area contributed by atoms with Crippen LogP contribution in [0, 0.1) is 12.8 Å². The summed E-state index contributed by atoms with van der Waals surface area (Å²) < 4.78 is 1.37. The molecule has 1 unspecified atom stereocenters. The number of aryl methyl sites for hydroxylation is 1. The maximum absolute atomic E-state index is 12.1. The number of carbonyl (C=O) groups is 1. The van der Waals surface area contributed by atoms with E-state index in [9.17, 15) is 4.79 Å². The standard InChI is InChI=1S/C11H20N4O/c1-7(2)5-9(13-4)11(16)15-8(3)6-10(12)14-15/h6-7,9,13H,5H2,1-4H3,(H2,12,14). The molecule has 0 amide bonds. The first-order valence-corrected chi connectivity index (χ1v) is 5.49. The topological polar surface area (TPSA) is 72.9 Å². The van der Waals surface area contributed by atoms with Crippen molar-refractivity contribution in [2.24, 2.45) is 5.92 Å². The van der Waals surface area contributed by atoms with Crippen LogP contribution < -0.4 is 11.1 Å². The van der Waals surface area contributed by atoms with E-state index in [1.165, 1.54) is 4.68 Å². The van der Waals surface area contributed by atoms with E-state index in [1.54, 1.807) is 13.1 Å².